The van der Waals surface area contributed by atoms with Crippen molar-refractivity contribution in [3.8, 4) is 5.75 Å². The highest BCUT2D eigenvalue weighted by molar-refractivity contribution is 5.98. The average Bonchev–Trinajstić information content (AvgIpc) is 2.53. The molecule has 4 nitrogen and oxygen atoms in total. The Hall–Kier alpha value is -1.39. The van der Waals surface area contributed by atoms with Gasteiger partial charge in [-0.1, -0.05) is 19.1 Å². The number of ketones is 1. The minimum absolute atomic E-state index is 0.151. The van der Waals surface area contributed by atoms with Crippen LogP contribution < -0.4 is 14.5 Å². The van der Waals surface area contributed by atoms with E-state index < -0.39 is 0 Å². The summed E-state index contributed by atoms with van der Waals surface area (Å²) >= 11 is 0. The van der Waals surface area contributed by atoms with Gasteiger partial charge in [0.05, 0.1) is 25.8 Å². The molecule has 0 amide bonds. The van der Waals surface area contributed by atoms with Crippen LogP contribution in [0.25, 0.3) is 0 Å². The molecule has 1 aliphatic rings. The quantitative estimate of drug-likeness (QED) is 0.523. The number of carbonyl (C=O) groups is 1. The summed E-state index contributed by atoms with van der Waals surface area (Å²) in [5.74, 6) is 0.889. The lowest BCUT2D eigenvalue weighted by atomic mass is 10.1. The van der Waals surface area contributed by atoms with Crippen LogP contribution >= 0.6 is 0 Å². The molecule has 0 aliphatic carbocycles. The average molecular weight is 292 g/mol. The fourth-order valence-corrected chi connectivity index (χ4v) is 2.80. The van der Waals surface area contributed by atoms with E-state index >= 15 is 0 Å². The summed E-state index contributed by atoms with van der Waals surface area (Å²) in [6.45, 7) is 8.80. The van der Waals surface area contributed by atoms with Gasteiger partial charge in [0.1, 0.15) is 31.9 Å². The summed E-state index contributed by atoms with van der Waals surface area (Å²) in [5, 5.41) is 0. The number of quaternary nitrogens is 2. The van der Waals surface area contributed by atoms with Crippen LogP contribution in [0.1, 0.15) is 30.1 Å². The molecule has 2 rings (SSSR count). The van der Waals surface area contributed by atoms with Crippen molar-refractivity contribution in [1.82, 2.24) is 0 Å². The summed E-state index contributed by atoms with van der Waals surface area (Å²) < 4.78 is 5.83. The maximum Gasteiger partial charge on any atom is 0.166 e. The first-order valence-corrected chi connectivity index (χ1v) is 8.10. The van der Waals surface area contributed by atoms with Gasteiger partial charge in [-0.2, -0.15) is 0 Å². The Bertz CT molecular complexity index is 454. The van der Waals surface area contributed by atoms with Crippen LogP contribution in [0.4, 0.5) is 0 Å². The molecule has 1 aliphatic heterocycles. The van der Waals surface area contributed by atoms with Gasteiger partial charge in [-0.15, -0.1) is 0 Å². The van der Waals surface area contributed by atoms with Gasteiger partial charge in [0.2, 0.25) is 0 Å². The number of rotatable bonds is 7. The number of para-hydroxylation sites is 1. The first-order chi connectivity index (χ1) is 10.2. The largest absolute Gasteiger partial charge is 0.493 e. The smallest absolute Gasteiger partial charge is 0.166 e. The molecule has 0 atom stereocenters. The second kappa shape index (κ2) is 8.15. The molecule has 0 spiro atoms. The number of ether oxygens (including phenoxy) is 1. The molecular weight excluding hydrogens is 264 g/mol. The predicted octanol–water partition coefficient (Wildman–Crippen LogP) is -0.539. The first-order valence-electron chi connectivity index (χ1n) is 8.10. The number of likely N-dealkylation sites (N-methyl/N-ethyl adjacent to an activating group) is 1. The topological polar surface area (TPSA) is 35.2 Å². The Balaban J connectivity index is 1.75. The van der Waals surface area contributed by atoms with Crippen LogP contribution in [0, 0.1) is 0 Å². The molecule has 0 bridgehead atoms. The van der Waals surface area contributed by atoms with E-state index in [0.29, 0.717) is 13.0 Å². The van der Waals surface area contributed by atoms with Gasteiger partial charge < -0.3 is 14.5 Å². The van der Waals surface area contributed by atoms with Crippen LogP contribution in [0.3, 0.4) is 0 Å². The Morgan fingerprint density at radius 3 is 2.62 bits per heavy atom. The Labute approximate surface area is 127 Å². The van der Waals surface area contributed by atoms with E-state index in [0.717, 1.165) is 24.3 Å². The molecule has 1 heterocycles. The number of carbonyl (C=O) groups excluding carboxylic acids is 1. The molecule has 2 N–H and O–H groups in total. The molecular formula is C17H28N2O2+2. The van der Waals surface area contributed by atoms with E-state index in [2.05, 4.69) is 7.05 Å². The minimum Gasteiger partial charge on any atom is -0.493 e. The van der Waals surface area contributed by atoms with Gasteiger partial charge in [-0.3, -0.25) is 4.79 Å². The van der Waals surface area contributed by atoms with Gasteiger partial charge in [0.25, 0.3) is 0 Å². The maximum absolute atomic E-state index is 11.9. The van der Waals surface area contributed by atoms with E-state index in [1.54, 1.807) is 9.80 Å². The standard InChI is InChI=1S/C17H26N2O2/c1-3-16(20)15-7-4-5-8-17(15)21-14-6-9-19-12-10-18(2)11-13-19/h4-5,7-8H,3,6,9-14H2,1-2H3/p+2. The molecule has 1 fully saturated rings. The highest BCUT2D eigenvalue weighted by Crippen LogP contribution is 2.19. The monoisotopic (exact) mass is 292 g/mol. The van der Waals surface area contributed by atoms with Crippen LogP contribution in [0.2, 0.25) is 0 Å². The lowest BCUT2D eigenvalue weighted by Gasteiger charge is -2.27. The number of nitrogens with one attached hydrogen (secondary N) is 2. The second-order valence-corrected chi connectivity index (χ2v) is 5.93. The van der Waals surface area contributed by atoms with Crippen molar-refractivity contribution in [2.75, 3.05) is 46.4 Å². The molecule has 1 saturated heterocycles. The van der Waals surface area contributed by atoms with Crippen molar-refractivity contribution in [1.29, 1.82) is 0 Å². The lowest BCUT2D eigenvalue weighted by molar-refractivity contribution is -1.00. The zero-order valence-corrected chi connectivity index (χ0v) is 13.3. The molecule has 1 aromatic carbocycles. The predicted molar refractivity (Wildman–Crippen MR) is 83.4 cm³/mol. The molecule has 1 aromatic rings. The van der Waals surface area contributed by atoms with Crippen molar-refractivity contribution in [2.24, 2.45) is 0 Å². The molecule has 21 heavy (non-hydrogen) atoms. The third kappa shape index (κ3) is 4.83. The van der Waals surface area contributed by atoms with E-state index in [4.69, 9.17) is 4.74 Å². The molecule has 0 aromatic heterocycles. The molecule has 0 unspecified atom stereocenters. The van der Waals surface area contributed by atoms with Crippen molar-refractivity contribution in [3.63, 3.8) is 0 Å². The van der Waals surface area contributed by atoms with E-state index in [1.165, 1.54) is 26.2 Å². The van der Waals surface area contributed by atoms with Crippen LogP contribution in [-0.4, -0.2) is 52.2 Å². The molecule has 4 heteroatoms. The van der Waals surface area contributed by atoms with Gasteiger partial charge in [0.15, 0.2) is 5.78 Å². The zero-order chi connectivity index (χ0) is 15.1. The number of hydrogen-bond acceptors (Lipinski definition) is 2. The van der Waals surface area contributed by atoms with Crippen LogP contribution in [0.5, 0.6) is 5.75 Å². The summed E-state index contributed by atoms with van der Waals surface area (Å²) in [6.07, 6.45) is 1.57. The molecule has 0 radical (unpaired) electrons. The summed E-state index contributed by atoms with van der Waals surface area (Å²) in [4.78, 5) is 15.2. The Kier molecular flexibility index (Phi) is 6.21. The van der Waals surface area contributed by atoms with E-state index in [1.807, 2.05) is 31.2 Å². The zero-order valence-electron chi connectivity index (χ0n) is 13.3. The van der Waals surface area contributed by atoms with E-state index in [9.17, 15) is 4.79 Å². The molecule has 116 valence electrons. The maximum atomic E-state index is 11.9. The third-order valence-electron chi connectivity index (χ3n) is 4.25. The normalized spacial score (nSPS) is 22.0. The van der Waals surface area contributed by atoms with Crippen molar-refractivity contribution < 1.29 is 19.3 Å². The number of hydrogen-bond donors (Lipinski definition) is 2. The fourth-order valence-electron chi connectivity index (χ4n) is 2.80. The van der Waals surface area contributed by atoms with Crippen LogP contribution in [-0.2, 0) is 0 Å². The first kappa shape index (κ1) is 16.0. The van der Waals surface area contributed by atoms with Crippen LogP contribution in [0.15, 0.2) is 24.3 Å². The fraction of sp³-hybridized carbons (Fsp3) is 0.588. The highest BCUT2D eigenvalue weighted by Gasteiger charge is 2.19. The Morgan fingerprint density at radius 1 is 1.19 bits per heavy atom. The van der Waals surface area contributed by atoms with Gasteiger partial charge in [-0.05, 0) is 12.1 Å². The lowest BCUT2D eigenvalue weighted by Crippen LogP contribution is -3.27. The Morgan fingerprint density at radius 2 is 1.90 bits per heavy atom. The summed E-state index contributed by atoms with van der Waals surface area (Å²) in [7, 11) is 2.27. The highest BCUT2D eigenvalue weighted by atomic mass is 16.5. The SMILES string of the molecule is CCC(=O)c1ccccc1OCCC[NH+]1CC[NH+](C)CC1. The second-order valence-electron chi connectivity index (χ2n) is 5.93. The van der Waals surface area contributed by atoms with Crippen molar-refractivity contribution in [3.05, 3.63) is 29.8 Å². The number of piperazine rings is 1. The minimum atomic E-state index is 0.151. The summed E-state index contributed by atoms with van der Waals surface area (Å²) in [6, 6.07) is 7.58. The third-order valence-corrected chi connectivity index (χ3v) is 4.25. The van der Waals surface area contributed by atoms with Gasteiger partial charge >= 0.3 is 0 Å². The summed E-state index contributed by atoms with van der Waals surface area (Å²) in [5.41, 5.74) is 0.718. The number of benzene rings is 1. The molecule has 0 saturated carbocycles. The van der Waals surface area contributed by atoms with E-state index in [-0.39, 0.29) is 5.78 Å². The van der Waals surface area contributed by atoms with Crippen molar-refractivity contribution >= 4 is 5.78 Å². The number of Topliss-reactive ketones (excluding diaryl/α,β-unsaturated/α-hetero) is 1. The van der Waals surface area contributed by atoms with Gasteiger partial charge in [-0.25, -0.2) is 0 Å². The van der Waals surface area contributed by atoms with Crippen molar-refractivity contribution in [2.45, 2.75) is 19.8 Å². The van der Waals surface area contributed by atoms with Gasteiger partial charge in [0, 0.05) is 12.8 Å².